The second kappa shape index (κ2) is 6.91. The Labute approximate surface area is 147 Å². The molecule has 0 N–H and O–H groups in total. The predicted molar refractivity (Wildman–Crippen MR) is 98.0 cm³/mol. The highest BCUT2D eigenvalue weighted by atomic mass is 16.7. The lowest BCUT2D eigenvalue weighted by Crippen LogP contribution is -2.29. The van der Waals surface area contributed by atoms with Gasteiger partial charge in [-0.3, -0.25) is 9.63 Å². The molecule has 0 spiro atoms. The standard InChI is InChI=1S/C22H19NO2/c24-22-20(15-17-9-3-1-4-10-17)19-13-7-8-14-21(19)23(22)25-16-18-11-5-2-6-12-18/h1-14,20H,15-16H2. The van der Waals surface area contributed by atoms with Crippen LogP contribution in [0.4, 0.5) is 5.69 Å². The van der Waals surface area contributed by atoms with Crippen LogP contribution >= 0.6 is 0 Å². The molecule has 1 atom stereocenters. The highest BCUT2D eigenvalue weighted by molar-refractivity contribution is 6.03. The minimum absolute atomic E-state index is 0.000911. The highest BCUT2D eigenvalue weighted by Crippen LogP contribution is 2.39. The van der Waals surface area contributed by atoms with Crippen LogP contribution in [0.5, 0.6) is 0 Å². The number of anilines is 1. The van der Waals surface area contributed by atoms with Gasteiger partial charge in [-0.2, -0.15) is 5.06 Å². The molecule has 1 heterocycles. The Bertz CT molecular complexity index is 861. The molecule has 25 heavy (non-hydrogen) atoms. The monoisotopic (exact) mass is 329 g/mol. The van der Waals surface area contributed by atoms with Gasteiger partial charge in [0.25, 0.3) is 5.91 Å². The Morgan fingerprint density at radius 3 is 2.08 bits per heavy atom. The number of hydroxylamine groups is 1. The van der Waals surface area contributed by atoms with Gasteiger partial charge in [0.15, 0.2) is 0 Å². The molecule has 0 saturated carbocycles. The van der Waals surface area contributed by atoms with Gasteiger partial charge in [-0.05, 0) is 29.2 Å². The van der Waals surface area contributed by atoms with E-state index in [0.29, 0.717) is 13.0 Å². The lowest BCUT2D eigenvalue weighted by molar-refractivity contribution is -0.126. The molecule has 1 amide bonds. The average molecular weight is 329 g/mol. The number of para-hydroxylation sites is 1. The Morgan fingerprint density at radius 1 is 0.760 bits per heavy atom. The number of benzene rings is 3. The molecule has 0 fully saturated rings. The summed E-state index contributed by atoms with van der Waals surface area (Å²) in [5, 5.41) is 1.47. The van der Waals surface area contributed by atoms with Crippen LogP contribution in [-0.4, -0.2) is 5.91 Å². The van der Waals surface area contributed by atoms with Gasteiger partial charge in [0.1, 0.15) is 6.61 Å². The fraction of sp³-hybridized carbons (Fsp3) is 0.136. The number of carbonyl (C=O) groups is 1. The van der Waals surface area contributed by atoms with Crippen LogP contribution < -0.4 is 5.06 Å². The first-order chi connectivity index (χ1) is 12.3. The van der Waals surface area contributed by atoms with Crippen molar-refractivity contribution >= 4 is 11.6 Å². The normalized spacial score (nSPS) is 16.1. The van der Waals surface area contributed by atoms with Crippen LogP contribution in [0, 0.1) is 0 Å². The van der Waals surface area contributed by atoms with Gasteiger partial charge in [-0.25, -0.2) is 0 Å². The van der Waals surface area contributed by atoms with Crippen molar-refractivity contribution in [1.82, 2.24) is 0 Å². The summed E-state index contributed by atoms with van der Waals surface area (Å²) >= 11 is 0. The first-order valence-electron chi connectivity index (χ1n) is 8.46. The molecule has 0 saturated heterocycles. The van der Waals surface area contributed by atoms with Gasteiger partial charge in [-0.15, -0.1) is 0 Å². The Kier molecular flexibility index (Phi) is 4.32. The molecule has 4 rings (SSSR count). The van der Waals surface area contributed by atoms with E-state index in [4.69, 9.17) is 4.84 Å². The zero-order valence-corrected chi connectivity index (χ0v) is 13.8. The van der Waals surface area contributed by atoms with E-state index in [2.05, 4.69) is 12.1 Å². The highest BCUT2D eigenvalue weighted by Gasteiger charge is 2.38. The number of carbonyl (C=O) groups excluding carboxylic acids is 1. The summed E-state index contributed by atoms with van der Waals surface area (Å²) in [4.78, 5) is 18.9. The average Bonchev–Trinajstić information content (AvgIpc) is 2.93. The zero-order chi connectivity index (χ0) is 17.1. The Balaban J connectivity index is 1.57. The summed E-state index contributed by atoms with van der Waals surface area (Å²) in [5.74, 6) is -0.199. The molecule has 124 valence electrons. The minimum atomic E-state index is -0.200. The number of nitrogens with zero attached hydrogens (tertiary/aromatic N) is 1. The SMILES string of the molecule is O=C1C(Cc2ccccc2)c2ccccc2N1OCc1ccccc1. The van der Waals surface area contributed by atoms with E-state index >= 15 is 0 Å². The maximum atomic E-state index is 13.0. The topological polar surface area (TPSA) is 29.5 Å². The van der Waals surface area contributed by atoms with E-state index < -0.39 is 0 Å². The molecule has 3 nitrogen and oxygen atoms in total. The van der Waals surface area contributed by atoms with E-state index in [0.717, 1.165) is 22.4 Å². The summed E-state index contributed by atoms with van der Waals surface area (Å²) < 4.78 is 0. The maximum Gasteiger partial charge on any atom is 0.258 e. The van der Waals surface area contributed by atoms with Gasteiger partial charge >= 0.3 is 0 Å². The van der Waals surface area contributed by atoms with E-state index in [-0.39, 0.29) is 11.8 Å². The van der Waals surface area contributed by atoms with Gasteiger partial charge in [0.05, 0.1) is 11.6 Å². The summed E-state index contributed by atoms with van der Waals surface area (Å²) in [5.41, 5.74) is 4.08. The number of hydrogen-bond donors (Lipinski definition) is 0. The van der Waals surface area contributed by atoms with Crippen LogP contribution in [0.3, 0.4) is 0 Å². The van der Waals surface area contributed by atoms with Crippen molar-refractivity contribution in [3.63, 3.8) is 0 Å². The third kappa shape index (κ3) is 3.19. The smallest absolute Gasteiger partial charge is 0.258 e. The van der Waals surface area contributed by atoms with E-state index in [1.54, 1.807) is 0 Å². The van der Waals surface area contributed by atoms with Gasteiger partial charge < -0.3 is 0 Å². The zero-order valence-electron chi connectivity index (χ0n) is 13.8. The Morgan fingerprint density at radius 2 is 1.36 bits per heavy atom. The van der Waals surface area contributed by atoms with Crippen molar-refractivity contribution in [2.45, 2.75) is 18.9 Å². The van der Waals surface area contributed by atoms with Crippen LogP contribution in [0.2, 0.25) is 0 Å². The number of hydrogen-bond acceptors (Lipinski definition) is 2. The molecule has 0 radical (unpaired) electrons. The Hall–Kier alpha value is -2.91. The van der Waals surface area contributed by atoms with Crippen molar-refractivity contribution < 1.29 is 9.63 Å². The predicted octanol–water partition coefficient (Wildman–Crippen LogP) is 4.49. The van der Waals surface area contributed by atoms with Crippen LogP contribution in [0.25, 0.3) is 0 Å². The molecule has 1 aliphatic rings. The first kappa shape index (κ1) is 15.6. The van der Waals surface area contributed by atoms with Crippen molar-refractivity contribution in [2.75, 3.05) is 5.06 Å². The lowest BCUT2D eigenvalue weighted by Gasteiger charge is -2.17. The molecule has 0 bridgehead atoms. The minimum Gasteiger partial charge on any atom is -0.271 e. The molecular formula is C22H19NO2. The van der Waals surface area contributed by atoms with Crippen molar-refractivity contribution in [1.29, 1.82) is 0 Å². The molecule has 1 unspecified atom stereocenters. The first-order valence-corrected chi connectivity index (χ1v) is 8.46. The fourth-order valence-corrected chi connectivity index (χ4v) is 3.25. The molecule has 1 aliphatic heterocycles. The number of amides is 1. The molecule has 3 aromatic rings. The second-order valence-electron chi connectivity index (χ2n) is 6.19. The summed E-state index contributed by atoms with van der Waals surface area (Å²) in [6.07, 6.45) is 0.682. The third-order valence-electron chi connectivity index (χ3n) is 4.52. The molecule has 3 heteroatoms. The van der Waals surface area contributed by atoms with Crippen LogP contribution in [0.1, 0.15) is 22.6 Å². The molecule has 3 aromatic carbocycles. The summed E-state index contributed by atoms with van der Waals surface area (Å²) in [7, 11) is 0. The molecular weight excluding hydrogens is 310 g/mol. The summed E-state index contributed by atoms with van der Waals surface area (Å²) in [6.45, 7) is 0.374. The molecule has 0 aliphatic carbocycles. The van der Waals surface area contributed by atoms with E-state index in [1.165, 1.54) is 5.06 Å². The summed E-state index contributed by atoms with van der Waals surface area (Å²) in [6, 6.07) is 27.9. The van der Waals surface area contributed by atoms with E-state index in [9.17, 15) is 4.79 Å². The molecule has 0 aromatic heterocycles. The van der Waals surface area contributed by atoms with Crippen molar-refractivity contribution in [3.8, 4) is 0 Å². The largest absolute Gasteiger partial charge is 0.271 e. The number of fused-ring (bicyclic) bond motifs is 1. The quantitative estimate of drug-likeness (QED) is 0.690. The van der Waals surface area contributed by atoms with Gasteiger partial charge in [0, 0.05) is 0 Å². The van der Waals surface area contributed by atoms with Crippen LogP contribution in [0.15, 0.2) is 84.9 Å². The lowest BCUT2D eigenvalue weighted by atomic mass is 9.93. The maximum absolute atomic E-state index is 13.0. The van der Waals surface area contributed by atoms with Gasteiger partial charge in [0.2, 0.25) is 0 Å². The number of rotatable bonds is 5. The van der Waals surface area contributed by atoms with Gasteiger partial charge in [-0.1, -0.05) is 78.9 Å². The third-order valence-corrected chi connectivity index (χ3v) is 4.52. The van der Waals surface area contributed by atoms with Crippen LogP contribution in [-0.2, 0) is 22.7 Å². The van der Waals surface area contributed by atoms with E-state index in [1.807, 2.05) is 72.8 Å². The van der Waals surface area contributed by atoms with Crippen molar-refractivity contribution in [2.24, 2.45) is 0 Å². The van der Waals surface area contributed by atoms with Crippen molar-refractivity contribution in [3.05, 3.63) is 102 Å². The fourth-order valence-electron chi connectivity index (χ4n) is 3.25. The second-order valence-corrected chi connectivity index (χ2v) is 6.19.